The van der Waals surface area contributed by atoms with Crippen molar-refractivity contribution in [2.45, 2.75) is 63.3 Å². The third kappa shape index (κ3) is 3.64. The average molecular weight is 290 g/mol. The zero-order chi connectivity index (χ0) is 14.7. The Morgan fingerprint density at radius 3 is 2.67 bits per heavy atom. The van der Waals surface area contributed by atoms with Crippen molar-refractivity contribution in [3.05, 3.63) is 22.2 Å². The number of nitrogens with one attached hydrogen (secondary N) is 1. The molecule has 3 N–H and O–H groups in total. The summed E-state index contributed by atoms with van der Waals surface area (Å²) < 4.78 is 0. The number of nitrogens with two attached hydrogens (primary N) is 1. The lowest BCUT2D eigenvalue weighted by molar-refractivity contribution is 0.410. The Hall–Kier alpha value is -1.36. The van der Waals surface area contributed by atoms with Crippen LogP contribution in [-0.2, 0) is 0 Å². The fourth-order valence-electron chi connectivity index (χ4n) is 3.30. The molecule has 0 atom stereocenters. The van der Waals surface area contributed by atoms with Crippen LogP contribution in [-0.4, -0.2) is 29.1 Å². The molecule has 116 valence electrons. The van der Waals surface area contributed by atoms with E-state index < -0.39 is 0 Å². The SMILES string of the molecule is NCCCN(c1cc(=O)[nH]c(C2CC2)n1)C1CCCCC1. The van der Waals surface area contributed by atoms with Gasteiger partial charge in [0.25, 0.3) is 5.56 Å². The van der Waals surface area contributed by atoms with Gasteiger partial charge in [-0.1, -0.05) is 19.3 Å². The number of aromatic nitrogens is 2. The highest BCUT2D eigenvalue weighted by atomic mass is 16.1. The summed E-state index contributed by atoms with van der Waals surface area (Å²) in [5.41, 5.74) is 5.67. The number of rotatable bonds is 6. The van der Waals surface area contributed by atoms with Gasteiger partial charge in [0.1, 0.15) is 11.6 Å². The number of anilines is 1. The molecule has 0 unspecified atom stereocenters. The van der Waals surface area contributed by atoms with Gasteiger partial charge in [-0.2, -0.15) is 0 Å². The van der Waals surface area contributed by atoms with E-state index in [9.17, 15) is 4.79 Å². The normalized spacial score (nSPS) is 19.7. The van der Waals surface area contributed by atoms with Crippen LogP contribution >= 0.6 is 0 Å². The van der Waals surface area contributed by atoms with Crippen molar-refractivity contribution in [2.75, 3.05) is 18.0 Å². The van der Waals surface area contributed by atoms with Crippen molar-refractivity contribution in [3.63, 3.8) is 0 Å². The van der Waals surface area contributed by atoms with Crippen molar-refractivity contribution in [3.8, 4) is 0 Å². The van der Waals surface area contributed by atoms with Gasteiger partial charge in [-0.05, 0) is 38.6 Å². The fourth-order valence-corrected chi connectivity index (χ4v) is 3.30. The summed E-state index contributed by atoms with van der Waals surface area (Å²) in [6, 6.07) is 2.18. The molecule has 3 rings (SSSR count). The van der Waals surface area contributed by atoms with Crippen LogP contribution < -0.4 is 16.2 Å². The van der Waals surface area contributed by atoms with E-state index in [-0.39, 0.29) is 5.56 Å². The van der Waals surface area contributed by atoms with Gasteiger partial charge in [-0.25, -0.2) is 4.98 Å². The average Bonchev–Trinajstić information content (AvgIpc) is 3.33. The third-order valence-corrected chi connectivity index (χ3v) is 4.62. The first-order chi connectivity index (χ1) is 10.3. The largest absolute Gasteiger partial charge is 0.353 e. The highest BCUT2D eigenvalue weighted by molar-refractivity contribution is 5.39. The fraction of sp³-hybridized carbons (Fsp3) is 0.750. The predicted molar refractivity (Wildman–Crippen MR) is 84.7 cm³/mol. The molecule has 1 heterocycles. The van der Waals surface area contributed by atoms with Crippen molar-refractivity contribution in [1.82, 2.24) is 9.97 Å². The van der Waals surface area contributed by atoms with Gasteiger partial charge in [-0.15, -0.1) is 0 Å². The molecule has 5 heteroatoms. The molecule has 2 saturated carbocycles. The standard InChI is InChI=1S/C16H26N4O/c17-9-4-10-20(13-5-2-1-3-6-13)14-11-15(21)19-16(18-14)12-7-8-12/h11-13H,1-10,17H2,(H,18,19,21). The first-order valence-corrected chi connectivity index (χ1v) is 8.36. The Bertz CT molecular complexity index is 517. The molecule has 2 aliphatic carbocycles. The quantitative estimate of drug-likeness (QED) is 0.841. The molecule has 0 amide bonds. The molecular formula is C16H26N4O. The maximum Gasteiger partial charge on any atom is 0.252 e. The molecule has 1 aromatic rings. The van der Waals surface area contributed by atoms with Gasteiger partial charge in [0, 0.05) is 24.6 Å². The first-order valence-electron chi connectivity index (χ1n) is 8.36. The van der Waals surface area contributed by atoms with E-state index in [0.29, 0.717) is 18.5 Å². The topological polar surface area (TPSA) is 75.0 Å². The zero-order valence-corrected chi connectivity index (χ0v) is 12.7. The number of aromatic amines is 1. The van der Waals surface area contributed by atoms with Crippen LogP contribution in [0.25, 0.3) is 0 Å². The molecule has 21 heavy (non-hydrogen) atoms. The van der Waals surface area contributed by atoms with Crippen LogP contribution in [0.15, 0.2) is 10.9 Å². The Morgan fingerprint density at radius 2 is 2.00 bits per heavy atom. The summed E-state index contributed by atoms with van der Waals surface area (Å²) in [4.78, 5) is 22.0. The molecule has 0 saturated heterocycles. The van der Waals surface area contributed by atoms with E-state index in [1.54, 1.807) is 6.07 Å². The van der Waals surface area contributed by atoms with Crippen molar-refractivity contribution in [2.24, 2.45) is 5.73 Å². The van der Waals surface area contributed by atoms with Gasteiger partial charge in [0.05, 0.1) is 0 Å². The van der Waals surface area contributed by atoms with Crippen molar-refractivity contribution in [1.29, 1.82) is 0 Å². The van der Waals surface area contributed by atoms with E-state index in [2.05, 4.69) is 9.88 Å². The molecule has 0 aromatic carbocycles. The molecule has 1 aromatic heterocycles. The second-order valence-electron chi connectivity index (χ2n) is 6.39. The molecule has 0 spiro atoms. The molecule has 0 bridgehead atoms. The molecule has 5 nitrogen and oxygen atoms in total. The predicted octanol–water partition coefficient (Wildman–Crippen LogP) is 2.14. The number of nitrogens with zero attached hydrogens (tertiary/aromatic N) is 2. The maximum absolute atomic E-state index is 12.0. The van der Waals surface area contributed by atoms with Crippen LogP contribution in [0.3, 0.4) is 0 Å². The Balaban J connectivity index is 1.85. The summed E-state index contributed by atoms with van der Waals surface area (Å²) in [5.74, 6) is 2.22. The monoisotopic (exact) mass is 290 g/mol. The minimum Gasteiger partial charge on any atom is -0.353 e. The minimum absolute atomic E-state index is 0.0181. The molecular weight excluding hydrogens is 264 g/mol. The second-order valence-corrected chi connectivity index (χ2v) is 6.39. The number of hydrogen-bond acceptors (Lipinski definition) is 4. The lowest BCUT2D eigenvalue weighted by atomic mass is 9.94. The van der Waals surface area contributed by atoms with Gasteiger partial charge < -0.3 is 15.6 Å². The summed E-state index contributed by atoms with van der Waals surface area (Å²) in [6.45, 7) is 1.59. The number of hydrogen-bond donors (Lipinski definition) is 2. The molecule has 2 fully saturated rings. The lowest BCUT2D eigenvalue weighted by Gasteiger charge is -2.35. The molecule has 0 aliphatic heterocycles. The van der Waals surface area contributed by atoms with Crippen LogP contribution in [0.5, 0.6) is 0 Å². The minimum atomic E-state index is -0.0181. The van der Waals surface area contributed by atoms with Crippen molar-refractivity contribution < 1.29 is 0 Å². The first kappa shape index (κ1) is 14.6. The summed E-state index contributed by atoms with van der Waals surface area (Å²) in [7, 11) is 0. The van der Waals surface area contributed by atoms with Crippen molar-refractivity contribution >= 4 is 5.82 Å². The van der Waals surface area contributed by atoms with E-state index in [0.717, 1.165) is 37.4 Å². The van der Waals surface area contributed by atoms with E-state index >= 15 is 0 Å². The second kappa shape index (κ2) is 6.60. The van der Waals surface area contributed by atoms with E-state index in [4.69, 9.17) is 10.7 Å². The molecule has 0 radical (unpaired) electrons. The van der Waals surface area contributed by atoms with E-state index in [1.807, 2.05) is 0 Å². The van der Waals surface area contributed by atoms with Crippen LogP contribution in [0.4, 0.5) is 5.82 Å². The maximum atomic E-state index is 12.0. The Morgan fingerprint density at radius 1 is 1.24 bits per heavy atom. The Kier molecular flexibility index (Phi) is 4.58. The summed E-state index contributed by atoms with van der Waals surface area (Å²) in [6.07, 6.45) is 9.55. The van der Waals surface area contributed by atoms with Gasteiger partial charge in [0.15, 0.2) is 0 Å². The van der Waals surface area contributed by atoms with Crippen LogP contribution in [0, 0.1) is 0 Å². The smallest absolute Gasteiger partial charge is 0.252 e. The zero-order valence-electron chi connectivity index (χ0n) is 12.7. The van der Waals surface area contributed by atoms with Gasteiger partial charge in [-0.3, -0.25) is 4.79 Å². The molecule has 2 aliphatic rings. The number of H-pyrrole nitrogens is 1. The highest BCUT2D eigenvalue weighted by Gasteiger charge is 2.28. The third-order valence-electron chi connectivity index (χ3n) is 4.62. The van der Waals surface area contributed by atoms with E-state index in [1.165, 1.54) is 32.1 Å². The summed E-state index contributed by atoms with van der Waals surface area (Å²) in [5, 5.41) is 0. The van der Waals surface area contributed by atoms with Crippen LogP contribution in [0.2, 0.25) is 0 Å². The summed E-state index contributed by atoms with van der Waals surface area (Å²) >= 11 is 0. The van der Waals surface area contributed by atoms with Gasteiger partial charge >= 0.3 is 0 Å². The lowest BCUT2D eigenvalue weighted by Crippen LogP contribution is -2.39. The van der Waals surface area contributed by atoms with Crippen LogP contribution in [0.1, 0.15) is 63.1 Å². The Labute approximate surface area is 125 Å². The highest BCUT2D eigenvalue weighted by Crippen LogP contribution is 2.38. The van der Waals surface area contributed by atoms with Gasteiger partial charge in [0.2, 0.25) is 0 Å².